The minimum Gasteiger partial charge on any atom is -0.378 e. The Morgan fingerprint density at radius 3 is 2.51 bits per heavy atom. The van der Waals surface area contributed by atoms with Crippen LogP contribution < -0.4 is 14.9 Å². The number of hydrogen-bond acceptors (Lipinski definition) is 9. The second-order valence-electron chi connectivity index (χ2n) is 11.0. The van der Waals surface area contributed by atoms with Crippen molar-refractivity contribution in [2.45, 2.75) is 24.7 Å². The Labute approximate surface area is 272 Å². The van der Waals surface area contributed by atoms with Crippen LogP contribution in [0.1, 0.15) is 24.8 Å². The van der Waals surface area contributed by atoms with Gasteiger partial charge < -0.3 is 19.7 Å². The van der Waals surface area contributed by atoms with Gasteiger partial charge in [-0.2, -0.15) is 0 Å². The van der Waals surface area contributed by atoms with Gasteiger partial charge in [-0.15, -0.1) is 11.3 Å². The number of hydrogen-bond donors (Lipinski definition) is 2. The van der Waals surface area contributed by atoms with E-state index in [1.807, 2.05) is 18.7 Å². The lowest BCUT2D eigenvalue weighted by Gasteiger charge is -2.28. The highest BCUT2D eigenvalue weighted by atomic mass is 32.2. The Bertz CT molecular complexity index is 2050. The molecule has 0 radical (unpaired) electrons. The van der Waals surface area contributed by atoms with Crippen molar-refractivity contribution in [1.29, 1.82) is 0 Å². The van der Waals surface area contributed by atoms with Gasteiger partial charge >= 0.3 is 0 Å². The van der Waals surface area contributed by atoms with Gasteiger partial charge in [-0.3, -0.25) is 0 Å². The number of nitrogens with one attached hydrogen (secondary N) is 2. The fourth-order valence-corrected chi connectivity index (χ4v) is 7.13. The predicted octanol–water partition coefficient (Wildman–Crippen LogP) is 7.02. The summed E-state index contributed by atoms with van der Waals surface area (Å²) in [5.74, 6) is 0.312. The molecular weight excluding hydrogens is 655 g/mol. The number of nitrogens with zero attached hydrogens (tertiary/aromatic N) is 5. The average molecular weight is 684 g/mol. The second-order valence-corrected chi connectivity index (χ2v) is 14.0. The molecular formula is C32H29F4N7O2S2. The molecule has 5 aromatic rings. The van der Waals surface area contributed by atoms with Gasteiger partial charge in [0.15, 0.2) is 23.3 Å². The lowest BCUT2D eigenvalue weighted by molar-refractivity contribution is 0.122. The third kappa shape index (κ3) is 7.06. The lowest BCUT2D eigenvalue weighted by Crippen LogP contribution is -2.37. The molecule has 0 amide bonds. The number of ether oxygens (including phenoxy) is 1. The van der Waals surface area contributed by atoms with Gasteiger partial charge in [0.05, 0.1) is 66.7 Å². The number of anilines is 4. The second kappa shape index (κ2) is 13.3. The van der Waals surface area contributed by atoms with Crippen molar-refractivity contribution in [2.24, 2.45) is 0 Å². The molecule has 1 saturated heterocycles. The normalized spacial score (nSPS) is 14.7. The van der Waals surface area contributed by atoms with Crippen LogP contribution in [0.4, 0.5) is 40.7 Å². The molecule has 0 spiro atoms. The van der Waals surface area contributed by atoms with Gasteiger partial charge in [0, 0.05) is 36.8 Å². The minimum absolute atomic E-state index is 0.0135. The maximum absolute atomic E-state index is 15.1. The number of pyridine rings is 1. The van der Waals surface area contributed by atoms with E-state index >= 15 is 8.78 Å². The summed E-state index contributed by atoms with van der Waals surface area (Å²) in [6.07, 6.45) is 2.99. The predicted molar refractivity (Wildman–Crippen MR) is 177 cm³/mol. The summed E-state index contributed by atoms with van der Waals surface area (Å²) in [4.78, 5) is 20.2. The van der Waals surface area contributed by atoms with E-state index in [0.29, 0.717) is 53.3 Å². The fraction of sp³-hybridized carbons (Fsp3) is 0.219. The van der Waals surface area contributed by atoms with Crippen LogP contribution in [0, 0.1) is 23.3 Å². The summed E-state index contributed by atoms with van der Waals surface area (Å²) in [5.41, 5.74) is 0.788. The van der Waals surface area contributed by atoms with E-state index < -0.39 is 38.7 Å². The van der Waals surface area contributed by atoms with Crippen LogP contribution in [0.25, 0.3) is 21.8 Å². The average Bonchev–Trinajstić information content (AvgIpc) is 3.50. The molecule has 1 fully saturated rings. The maximum atomic E-state index is 15.1. The molecule has 47 heavy (non-hydrogen) atoms. The monoisotopic (exact) mass is 683 g/mol. The Hall–Kier alpha value is -4.60. The first-order valence-corrected chi connectivity index (χ1v) is 17.0. The minimum atomic E-state index is -3.48. The summed E-state index contributed by atoms with van der Waals surface area (Å²) in [6.45, 7) is 5.94. The quantitative estimate of drug-likeness (QED) is 0.126. The van der Waals surface area contributed by atoms with Gasteiger partial charge in [-0.05, 0) is 42.3 Å². The molecule has 1 unspecified atom stereocenters. The van der Waals surface area contributed by atoms with Crippen molar-refractivity contribution in [2.75, 3.05) is 41.2 Å². The molecule has 2 N–H and O–H groups in total. The van der Waals surface area contributed by atoms with Crippen LogP contribution in [0.2, 0.25) is 0 Å². The first-order chi connectivity index (χ1) is 22.5. The first kappa shape index (κ1) is 32.3. The molecule has 0 bridgehead atoms. The van der Waals surface area contributed by atoms with Crippen molar-refractivity contribution in [3.8, 4) is 21.8 Å². The zero-order valence-corrected chi connectivity index (χ0v) is 26.9. The molecule has 3 aromatic heterocycles. The standard InChI is InChI=1S/C32H29F4N7O2S2/c1-18(2)31-41-28(19-13-23(34)27(36)26(14-19)42-47(3,44)22-6-4-5-20(33)15-22)29(46-31)25-7-8-37-32(40-25)39-21-16-24(35)30(38-17-21)43-9-11-45-12-10-43/h4-8,13-18H,3,9-12H2,1-2H3,(H,42,44)(H,37,39,40). The van der Waals surface area contributed by atoms with Crippen molar-refractivity contribution in [3.05, 3.63) is 89.2 Å². The topological polar surface area (TPSA) is 105 Å². The van der Waals surface area contributed by atoms with Gasteiger partial charge in [0.2, 0.25) is 5.95 Å². The van der Waals surface area contributed by atoms with Crippen LogP contribution in [0.15, 0.2) is 65.8 Å². The summed E-state index contributed by atoms with van der Waals surface area (Å²) in [7, 11) is -3.48. The zero-order chi connectivity index (χ0) is 33.3. The molecule has 9 nitrogen and oxygen atoms in total. The molecule has 1 aliphatic rings. The number of aromatic nitrogens is 4. The highest BCUT2D eigenvalue weighted by Gasteiger charge is 2.23. The number of halogens is 4. The van der Waals surface area contributed by atoms with Gasteiger partial charge in [0.1, 0.15) is 5.82 Å². The van der Waals surface area contributed by atoms with E-state index in [9.17, 15) is 13.0 Å². The molecule has 1 atom stereocenters. The highest BCUT2D eigenvalue weighted by molar-refractivity contribution is 8.01. The lowest BCUT2D eigenvalue weighted by atomic mass is 10.1. The summed E-state index contributed by atoms with van der Waals surface area (Å²) >= 11 is 1.31. The summed E-state index contributed by atoms with van der Waals surface area (Å²) in [5, 5.41) is 3.68. The summed E-state index contributed by atoms with van der Waals surface area (Å²) < 4.78 is 80.1. The van der Waals surface area contributed by atoms with E-state index in [1.54, 1.807) is 6.07 Å². The van der Waals surface area contributed by atoms with Crippen LogP contribution in [-0.2, 0) is 14.4 Å². The molecule has 15 heteroatoms. The van der Waals surface area contributed by atoms with Gasteiger partial charge in [0.25, 0.3) is 0 Å². The summed E-state index contributed by atoms with van der Waals surface area (Å²) in [6, 6.07) is 10.1. The molecule has 244 valence electrons. The highest BCUT2D eigenvalue weighted by Crippen LogP contribution is 2.40. The third-order valence-electron chi connectivity index (χ3n) is 7.17. The van der Waals surface area contributed by atoms with Gasteiger partial charge in [-0.1, -0.05) is 19.9 Å². The number of rotatable bonds is 9. The van der Waals surface area contributed by atoms with Crippen LogP contribution in [0.5, 0.6) is 0 Å². The number of morpholine rings is 1. The molecule has 1 aliphatic heterocycles. The fourth-order valence-electron chi connectivity index (χ4n) is 4.84. The number of benzene rings is 2. The van der Waals surface area contributed by atoms with Crippen molar-refractivity contribution < 1.29 is 26.5 Å². The smallest absolute Gasteiger partial charge is 0.227 e. The SMILES string of the molecule is C=S(=O)(Nc1cc(-c2nc(C(C)C)sc2-c2ccnc(Nc3cnc(N4CCOCC4)c(F)c3)n2)cc(F)c1F)c1cccc(F)c1. The Balaban J connectivity index is 1.33. The van der Waals surface area contributed by atoms with E-state index in [4.69, 9.17) is 9.72 Å². The zero-order valence-electron chi connectivity index (χ0n) is 25.3. The first-order valence-electron chi connectivity index (χ1n) is 14.5. The molecule has 2 aromatic carbocycles. The largest absolute Gasteiger partial charge is 0.378 e. The van der Waals surface area contributed by atoms with Gasteiger partial charge in [-0.25, -0.2) is 41.7 Å². The van der Waals surface area contributed by atoms with Crippen LogP contribution in [0.3, 0.4) is 0 Å². The maximum Gasteiger partial charge on any atom is 0.227 e. The molecule has 0 aliphatic carbocycles. The Kier molecular flexibility index (Phi) is 9.12. The third-order valence-corrected chi connectivity index (χ3v) is 10.1. The molecule has 6 rings (SSSR count). The number of thiazole rings is 1. The molecule has 4 heterocycles. The van der Waals surface area contributed by atoms with Crippen molar-refractivity contribution >= 4 is 50.1 Å². The van der Waals surface area contributed by atoms with Crippen molar-refractivity contribution in [1.82, 2.24) is 19.9 Å². The van der Waals surface area contributed by atoms with E-state index in [0.717, 1.165) is 12.1 Å². The van der Waals surface area contributed by atoms with Crippen molar-refractivity contribution in [3.63, 3.8) is 0 Å². The van der Waals surface area contributed by atoms with E-state index in [1.165, 1.54) is 54.1 Å². The van der Waals surface area contributed by atoms with Crippen LogP contribution in [-0.4, -0.2) is 56.3 Å². The molecule has 0 saturated carbocycles. The van der Waals surface area contributed by atoms with E-state index in [-0.39, 0.29) is 28.1 Å². The van der Waals surface area contributed by atoms with Crippen LogP contribution >= 0.6 is 11.3 Å². The Morgan fingerprint density at radius 1 is 1.00 bits per heavy atom. The van der Waals surface area contributed by atoms with E-state index in [2.05, 4.69) is 30.9 Å². The Morgan fingerprint density at radius 2 is 1.79 bits per heavy atom.